The van der Waals surface area contributed by atoms with Gasteiger partial charge in [-0.3, -0.25) is 4.98 Å². The third-order valence-electron chi connectivity index (χ3n) is 3.18. The van der Waals surface area contributed by atoms with E-state index in [4.69, 9.17) is 9.47 Å². The number of nitriles is 1. The summed E-state index contributed by atoms with van der Waals surface area (Å²) in [5.41, 5.74) is 3.32. The third-order valence-corrected chi connectivity index (χ3v) is 3.18. The van der Waals surface area contributed by atoms with Crippen molar-refractivity contribution in [3.05, 3.63) is 52.8 Å². The van der Waals surface area contributed by atoms with Gasteiger partial charge in [0.1, 0.15) is 17.6 Å². The molecule has 108 valence electrons. The Morgan fingerprint density at radius 1 is 1.19 bits per heavy atom. The van der Waals surface area contributed by atoms with Crippen molar-refractivity contribution in [3.63, 3.8) is 0 Å². The van der Waals surface area contributed by atoms with Crippen LogP contribution in [0.3, 0.4) is 0 Å². The van der Waals surface area contributed by atoms with Gasteiger partial charge in [-0.1, -0.05) is 6.07 Å². The number of pyridine rings is 1. The Labute approximate surface area is 125 Å². The van der Waals surface area contributed by atoms with E-state index in [-0.39, 0.29) is 0 Å². The molecule has 0 fully saturated rings. The van der Waals surface area contributed by atoms with Crippen molar-refractivity contribution >= 4 is 0 Å². The van der Waals surface area contributed by atoms with Crippen molar-refractivity contribution in [2.24, 2.45) is 0 Å². The first kappa shape index (κ1) is 14.9. The molecule has 0 saturated heterocycles. The average Bonchev–Trinajstić information content (AvgIpc) is 2.47. The molecule has 0 spiro atoms. The van der Waals surface area contributed by atoms with Gasteiger partial charge in [0.25, 0.3) is 0 Å². The van der Waals surface area contributed by atoms with Gasteiger partial charge in [-0.2, -0.15) is 5.26 Å². The van der Waals surface area contributed by atoms with Crippen molar-refractivity contribution in [1.82, 2.24) is 4.98 Å². The zero-order valence-corrected chi connectivity index (χ0v) is 12.5. The number of ether oxygens (including phenoxy) is 2. The lowest BCUT2D eigenvalue weighted by Crippen LogP contribution is -2.07. The predicted octanol–water partition coefficient (Wildman–Crippen LogP) is 3.20. The Morgan fingerprint density at radius 2 is 1.95 bits per heavy atom. The van der Waals surface area contributed by atoms with E-state index in [1.54, 1.807) is 7.11 Å². The molecule has 0 aliphatic rings. The smallest absolute Gasteiger partial charge is 0.123 e. The lowest BCUT2D eigenvalue weighted by Gasteiger charge is -2.10. The number of hydrogen-bond donors (Lipinski definition) is 0. The molecule has 4 nitrogen and oxygen atoms in total. The Morgan fingerprint density at radius 3 is 2.67 bits per heavy atom. The van der Waals surface area contributed by atoms with Crippen LogP contribution in [-0.4, -0.2) is 18.7 Å². The normalized spacial score (nSPS) is 10.0. The van der Waals surface area contributed by atoms with E-state index in [2.05, 4.69) is 11.1 Å². The molecule has 21 heavy (non-hydrogen) atoms. The molecule has 0 radical (unpaired) electrons. The summed E-state index contributed by atoms with van der Waals surface area (Å²) in [7, 11) is 1.62. The van der Waals surface area contributed by atoms with E-state index in [9.17, 15) is 5.26 Å². The summed E-state index contributed by atoms with van der Waals surface area (Å²) in [4.78, 5) is 4.44. The first-order chi connectivity index (χ1) is 10.1. The van der Waals surface area contributed by atoms with Gasteiger partial charge in [-0.05, 0) is 37.6 Å². The highest BCUT2D eigenvalue weighted by Gasteiger charge is 2.08. The third kappa shape index (κ3) is 3.73. The number of aryl methyl sites for hydroxylation is 2. The zero-order valence-electron chi connectivity index (χ0n) is 12.5. The SMILES string of the molecule is COc1cccc(OCCc2nc(C)cc(C)c2C#N)c1. The standard InChI is InChI=1S/C17H18N2O2/c1-12-9-13(2)19-17(16(12)11-18)7-8-21-15-6-4-5-14(10-15)20-3/h4-6,9-10H,7-8H2,1-3H3. The van der Waals surface area contributed by atoms with Crippen LogP contribution in [0.25, 0.3) is 0 Å². The van der Waals surface area contributed by atoms with E-state index >= 15 is 0 Å². The highest BCUT2D eigenvalue weighted by atomic mass is 16.5. The van der Waals surface area contributed by atoms with E-state index in [1.165, 1.54) is 0 Å². The molecule has 0 unspecified atom stereocenters. The van der Waals surface area contributed by atoms with Crippen LogP contribution < -0.4 is 9.47 Å². The minimum atomic E-state index is 0.470. The Hall–Kier alpha value is -2.54. The number of nitrogens with zero attached hydrogens (tertiary/aromatic N) is 2. The van der Waals surface area contributed by atoms with E-state index < -0.39 is 0 Å². The second kappa shape index (κ2) is 6.76. The van der Waals surface area contributed by atoms with Crippen molar-refractivity contribution < 1.29 is 9.47 Å². The molecule has 0 bridgehead atoms. The number of hydrogen-bond acceptors (Lipinski definition) is 4. The van der Waals surface area contributed by atoms with Crippen molar-refractivity contribution in [2.45, 2.75) is 20.3 Å². The van der Waals surface area contributed by atoms with Crippen LogP contribution in [0.5, 0.6) is 11.5 Å². The molecule has 0 aliphatic carbocycles. The Kier molecular flexibility index (Phi) is 4.78. The maximum Gasteiger partial charge on any atom is 0.123 e. The highest BCUT2D eigenvalue weighted by molar-refractivity contribution is 5.41. The molecule has 4 heteroatoms. The quantitative estimate of drug-likeness (QED) is 0.845. The minimum Gasteiger partial charge on any atom is -0.497 e. The summed E-state index contributed by atoms with van der Waals surface area (Å²) < 4.78 is 10.9. The summed E-state index contributed by atoms with van der Waals surface area (Å²) in [6, 6.07) is 11.6. The first-order valence-electron chi connectivity index (χ1n) is 6.78. The lowest BCUT2D eigenvalue weighted by molar-refractivity contribution is 0.317. The van der Waals surface area contributed by atoms with Gasteiger partial charge in [0.15, 0.2) is 0 Å². The topological polar surface area (TPSA) is 55.1 Å². The minimum absolute atomic E-state index is 0.470. The van der Waals surface area contributed by atoms with E-state index in [1.807, 2.05) is 44.2 Å². The average molecular weight is 282 g/mol. The molecular formula is C17H18N2O2. The van der Waals surface area contributed by atoms with Crippen LogP contribution in [0, 0.1) is 25.2 Å². The molecule has 1 aromatic carbocycles. The molecule has 0 aliphatic heterocycles. The van der Waals surface area contributed by atoms with Crippen LogP contribution in [0.2, 0.25) is 0 Å². The number of aromatic nitrogens is 1. The fraction of sp³-hybridized carbons (Fsp3) is 0.294. The van der Waals surface area contributed by atoms with Gasteiger partial charge in [0.2, 0.25) is 0 Å². The Balaban J connectivity index is 2.05. The molecule has 2 aromatic rings. The molecule has 0 atom stereocenters. The molecule has 0 amide bonds. The van der Waals surface area contributed by atoms with Crippen LogP contribution in [0.1, 0.15) is 22.5 Å². The summed E-state index contributed by atoms with van der Waals surface area (Å²) >= 11 is 0. The highest BCUT2D eigenvalue weighted by Crippen LogP contribution is 2.19. The van der Waals surface area contributed by atoms with Crippen molar-refractivity contribution in [1.29, 1.82) is 5.26 Å². The van der Waals surface area contributed by atoms with Crippen LogP contribution in [0.15, 0.2) is 30.3 Å². The fourth-order valence-electron chi connectivity index (χ4n) is 2.20. The zero-order chi connectivity index (χ0) is 15.2. The molecule has 0 N–H and O–H groups in total. The molecular weight excluding hydrogens is 264 g/mol. The Bertz CT molecular complexity index is 675. The first-order valence-corrected chi connectivity index (χ1v) is 6.78. The maximum atomic E-state index is 9.23. The lowest BCUT2D eigenvalue weighted by atomic mass is 10.1. The number of benzene rings is 1. The molecule has 0 saturated carbocycles. The molecule has 2 rings (SSSR count). The predicted molar refractivity (Wildman–Crippen MR) is 80.6 cm³/mol. The monoisotopic (exact) mass is 282 g/mol. The van der Waals surface area contributed by atoms with Gasteiger partial charge < -0.3 is 9.47 Å². The van der Waals surface area contributed by atoms with Gasteiger partial charge in [0, 0.05) is 18.2 Å². The van der Waals surface area contributed by atoms with Crippen molar-refractivity contribution in [2.75, 3.05) is 13.7 Å². The van der Waals surface area contributed by atoms with Crippen LogP contribution in [-0.2, 0) is 6.42 Å². The van der Waals surface area contributed by atoms with E-state index in [0.29, 0.717) is 18.6 Å². The second-order valence-corrected chi connectivity index (χ2v) is 4.79. The summed E-state index contributed by atoms with van der Waals surface area (Å²) in [5, 5.41) is 9.23. The maximum absolute atomic E-state index is 9.23. The van der Waals surface area contributed by atoms with Crippen molar-refractivity contribution in [3.8, 4) is 17.6 Å². The van der Waals surface area contributed by atoms with Crippen LogP contribution >= 0.6 is 0 Å². The number of methoxy groups -OCH3 is 1. The van der Waals surface area contributed by atoms with Gasteiger partial charge in [0.05, 0.1) is 25.0 Å². The largest absolute Gasteiger partial charge is 0.497 e. The van der Waals surface area contributed by atoms with Gasteiger partial charge >= 0.3 is 0 Å². The van der Waals surface area contributed by atoms with Gasteiger partial charge in [-0.15, -0.1) is 0 Å². The molecule has 1 heterocycles. The summed E-state index contributed by atoms with van der Waals surface area (Å²) in [5.74, 6) is 1.51. The second-order valence-electron chi connectivity index (χ2n) is 4.79. The summed E-state index contributed by atoms with van der Waals surface area (Å²) in [6.45, 7) is 4.33. The number of rotatable bonds is 5. The van der Waals surface area contributed by atoms with Gasteiger partial charge in [-0.25, -0.2) is 0 Å². The molecule has 1 aromatic heterocycles. The summed E-state index contributed by atoms with van der Waals surface area (Å²) in [6.07, 6.45) is 0.600. The van der Waals surface area contributed by atoms with E-state index in [0.717, 1.165) is 28.5 Å². The fourth-order valence-corrected chi connectivity index (χ4v) is 2.20. The van der Waals surface area contributed by atoms with Crippen LogP contribution in [0.4, 0.5) is 0 Å².